The van der Waals surface area contributed by atoms with E-state index in [1.807, 2.05) is 6.92 Å². The van der Waals surface area contributed by atoms with Gasteiger partial charge in [-0.2, -0.15) is 0 Å². The van der Waals surface area contributed by atoms with Gasteiger partial charge in [-0.3, -0.25) is 0 Å². The first-order valence-corrected chi connectivity index (χ1v) is 4.72. The maximum atomic E-state index is 11.0. The van der Waals surface area contributed by atoms with Gasteiger partial charge in [0.2, 0.25) is 0 Å². The molecule has 0 unspecified atom stereocenters. The number of amides is 1. The lowest BCUT2D eigenvalue weighted by molar-refractivity contribution is 0.00808. The van der Waals surface area contributed by atoms with Crippen molar-refractivity contribution >= 4 is 6.09 Å². The average Bonchev–Trinajstić information content (AvgIpc) is 2.29. The van der Waals surface area contributed by atoms with Crippen molar-refractivity contribution in [2.75, 3.05) is 0 Å². The Balaban J connectivity index is 2.13. The van der Waals surface area contributed by atoms with Crippen LogP contribution in [0.1, 0.15) is 39.0 Å². The highest BCUT2D eigenvalue weighted by Crippen LogP contribution is 2.37. The minimum Gasteiger partial charge on any atom is -0.441 e. The molecule has 3 nitrogen and oxygen atoms in total. The first-order valence-electron chi connectivity index (χ1n) is 4.72. The first kappa shape index (κ1) is 7.90. The normalized spacial score (nSPS) is 33.1. The Morgan fingerprint density at radius 2 is 2.08 bits per heavy atom. The Labute approximate surface area is 72.5 Å². The summed E-state index contributed by atoms with van der Waals surface area (Å²) in [5.74, 6) is 0. The Morgan fingerprint density at radius 3 is 2.58 bits per heavy atom. The molecule has 1 heterocycles. The second-order valence-corrected chi connectivity index (χ2v) is 3.88. The van der Waals surface area contributed by atoms with Gasteiger partial charge in [-0.1, -0.05) is 6.42 Å². The van der Waals surface area contributed by atoms with Gasteiger partial charge in [0, 0.05) is 0 Å². The maximum Gasteiger partial charge on any atom is 0.408 e. The van der Waals surface area contributed by atoms with E-state index in [9.17, 15) is 4.79 Å². The number of alkyl carbamates (subject to hydrolysis) is 1. The van der Waals surface area contributed by atoms with Crippen LogP contribution in [0, 0.1) is 0 Å². The van der Waals surface area contributed by atoms with Crippen LogP contribution < -0.4 is 5.32 Å². The van der Waals surface area contributed by atoms with Gasteiger partial charge in [0.15, 0.2) is 0 Å². The summed E-state index contributed by atoms with van der Waals surface area (Å²) in [7, 11) is 0. The van der Waals surface area contributed by atoms with Crippen LogP contribution in [0.4, 0.5) is 4.79 Å². The number of hydrogen-bond acceptors (Lipinski definition) is 2. The van der Waals surface area contributed by atoms with Gasteiger partial charge in [0.05, 0.1) is 6.04 Å². The van der Waals surface area contributed by atoms with Crippen molar-refractivity contribution in [1.82, 2.24) is 5.32 Å². The molecule has 1 N–H and O–H groups in total. The van der Waals surface area contributed by atoms with E-state index in [0.717, 1.165) is 12.8 Å². The lowest BCUT2D eigenvalue weighted by Crippen LogP contribution is -2.42. The molecule has 68 valence electrons. The van der Waals surface area contributed by atoms with E-state index in [2.05, 4.69) is 5.32 Å². The van der Waals surface area contributed by atoms with Gasteiger partial charge in [-0.15, -0.1) is 0 Å². The van der Waals surface area contributed by atoms with Crippen LogP contribution in [0.25, 0.3) is 0 Å². The largest absolute Gasteiger partial charge is 0.441 e. The molecule has 1 atom stereocenters. The van der Waals surface area contributed by atoms with Crippen molar-refractivity contribution in [2.45, 2.75) is 50.7 Å². The van der Waals surface area contributed by atoms with Crippen molar-refractivity contribution in [3.05, 3.63) is 0 Å². The second-order valence-electron chi connectivity index (χ2n) is 3.88. The molecule has 0 bridgehead atoms. The van der Waals surface area contributed by atoms with Gasteiger partial charge in [0.25, 0.3) is 0 Å². The molecule has 3 heteroatoms. The molecule has 0 aromatic rings. The Kier molecular flexibility index (Phi) is 1.74. The fourth-order valence-corrected chi connectivity index (χ4v) is 2.30. The van der Waals surface area contributed by atoms with Crippen LogP contribution in [0.3, 0.4) is 0 Å². The summed E-state index contributed by atoms with van der Waals surface area (Å²) in [4.78, 5) is 11.0. The summed E-state index contributed by atoms with van der Waals surface area (Å²) < 4.78 is 5.35. The van der Waals surface area contributed by atoms with Crippen molar-refractivity contribution in [2.24, 2.45) is 0 Å². The highest BCUT2D eigenvalue weighted by Gasteiger charge is 2.46. The molecule has 2 aliphatic rings. The third-order valence-corrected chi connectivity index (χ3v) is 3.12. The van der Waals surface area contributed by atoms with E-state index >= 15 is 0 Å². The van der Waals surface area contributed by atoms with Crippen molar-refractivity contribution in [3.63, 3.8) is 0 Å². The smallest absolute Gasteiger partial charge is 0.408 e. The summed E-state index contributed by atoms with van der Waals surface area (Å²) >= 11 is 0. The van der Waals surface area contributed by atoms with Gasteiger partial charge in [-0.25, -0.2) is 4.79 Å². The van der Waals surface area contributed by atoms with E-state index in [4.69, 9.17) is 4.74 Å². The minimum atomic E-state index is -0.232. The summed E-state index contributed by atoms with van der Waals surface area (Å²) in [6, 6.07) is 0.199. The molecule has 12 heavy (non-hydrogen) atoms. The third-order valence-electron chi connectivity index (χ3n) is 3.12. The van der Waals surface area contributed by atoms with Crippen LogP contribution in [-0.4, -0.2) is 17.7 Å². The summed E-state index contributed by atoms with van der Waals surface area (Å²) in [5, 5.41) is 2.82. The molecule has 0 radical (unpaired) electrons. The molecular formula is C9H15NO2. The highest BCUT2D eigenvalue weighted by atomic mass is 16.6. The van der Waals surface area contributed by atoms with E-state index in [-0.39, 0.29) is 17.7 Å². The van der Waals surface area contributed by atoms with Gasteiger partial charge >= 0.3 is 6.09 Å². The molecule has 1 aliphatic heterocycles. The van der Waals surface area contributed by atoms with Crippen LogP contribution >= 0.6 is 0 Å². The molecule has 1 saturated heterocycles. The van der Waals surface area contributed by atoms with E-state index < -0.39 is 0 Å². The van der Waals surface area contributed by atoms with Gasteiger partial charge < -0.3 is 10.1 Å². The van der Waals surface area contributed by atoms with Crippen molar-refractivity contribution in [1.29, 1.82) is 0 Å². The molecule has 0 aromatic heterocycles. The lowest BCUT2D eigenvalue weighted by atomic mass is 9.80. The molecule has 1 amide bonds. The molecule has 1 saturated carbocycles. The van der Waals surface area contributed by atoms with E-state index in [0.29, 0.717) is 0 Å². The fraction of sp³-hybridized carbons (Fsp3) is 0.889. The molecule has 1 aliphatic carbocycles. The van der Waals surface area contributed by atoms with E-state index in [1.54, 1.807) is 0 Å². The number of ether oxygens (including phenoxy) is 1. The summed E-state index contributed by atoms with van der Waals surface area (Å²) in [6.45, 7) is 2.04. The number of hydrogen-bond donors (Lipinski definition) is 1. The number of nitrogens with one attached hydrogen (secondary N) is 1. The third kappa shape index (κ3) is 1.08. The van der Waals surface area contributed by atoms with Crippen LogP contribution in [0.15, 0.2) is 0 Å². The molecular weight excluding hydrogens is 154 g/mol. The monoisotopic (exact) mass is 169 g/mol. The summed E-state index contributed by atoms with van der Waals surface area (Å²) in [6.07, 6.45) is 5.51. The lowest BCUT2D eigenvalue weighted by Gasteiger charge is -2.34. The van der Waals surface area contributed by atoms with E-state index in [1.165, 1.54) is 19.3 Å². The fourth-order valence-electron chi connectivity index (χ4n) is 2.30. The van der Waals surface area contributed by atoms with Gasteiger partial charge in [-0.05, 0) is 32.6 Å². The maximum absolute atomic E-state index is 11.0. The van der Waals surface area contributed by atoms with Crippen LogP contribution in [0.5, 0.6) is 0 Å². The zero-order chi connectivity index (χ0) is 8.60. The van der Waals surface area contributed by atoms with Crippen molar-refractivity contribution in [3.8, 4) is 0 Å². The number of rotatable bonds is 0. The quantitative estimate of drug-likeness (QED) is 0.600. The zero-order valence-corrected chi connectivity index (χ0v) is 7.43. The molecule has 1 spiro atoms. The predicted molar refractivity (Wildman–Crippen MR) is 44.9 cm³/mol. The Bertz CT molecular complexity index is 197. The molecule has 2 rings (SSSR count). The van der Waals surface area contributed by atoms with Gasteiger partial charge in [0.1, 0.15) is 5.60 Å². The Hall–Kier alpha value is -0.730. The second kappa shape index (κ2) is 2.64. The topological polar surface area (TPSA) is 38.3 Å². The standard InChI is InChI=1S/C9H15NO2/c1-7-9(12-8(11)10-7)5-3-2-4-6-9/h7H,2-6H2,1H3,(H,10,11)/t7-/m1/s1. The zero-order valence-electron chi connectivity index (χ0n) is 7.43. The predicted octanol–water partition coefficient (Wildman–Crippen LogP) is 1.82. The SMILES string of the molecule is C[C@H]1NC(=O)OC12CCCCC2. The molecule has 0 aromatic carbocycles. The van der Waals surface area contributed by atoms with Crippen LogP contribution in [-0.2, 0) is 4.74 Å². The van der Waals surface area contributed by atoms with Crippen LogP contribution in [0.2, 0.25) is 0 Å². The highest BCUT2D eigenvalue weighted by molar-refractivity contribution is 5.71. The molecule has 2 fully saturated rings. The van der Waals surface area contributed by atoms with Crippen molar-refractivity contribution < 1.29 is 9.53 Å². The first-order chi connectivity index (χ1) is 5.73. The number of carbonyl (C=O) groups excluding carboxylic acids is 1. The Morgan fingerprint density at radius 1 is 1.42 bits per heavy atom. The number of carbonyl (C=O) groups is 1. The average molecular weight is 169 g/mol. The summed E-state index contributed by atoms with van der Waals surface area (Å²) in [5.41, 5.74) is -0.157. The minimum absolute atomic E-state index is 0.157.